The summed E-state index contributed by atoms with van der Waals surface area (Å²) >= 11 is 1.36. The summed E-state index contributed by atoms with van der Waals surface area (Å²) in [5.41, 5.74) is 1.23. The molecule has 1 aliphatic heterocycles. The molecule has 1 aliphatic rings. The van der Waals surface area contributed by atoms with Crippen molar-refractivity contribution < 1.29 is 18.0 Å². The van der Waals surface area contributed by atoms with E-state index in [1.807, 2.05) is 12.1 Å². The van der Waals surface area contributed by atoms with Gasteiger partial charge < -0.3 is 15.5 Å². The highest BCUT2D eigenvalue weighted by molar-refractivity contribution is 7.90. The van der Waals surface area contributed by atoms with Crippen molar-refractivity contribution in [1.82, 2.24) is 20.2 Å². The quantitative estimate of drug-likeness (QED) is 0.459. The Balaban J connectivity index is 1.50. The van der Waals surface area contributed by atoms with Crippen LogP contribution in [0.4, 0.5) is 11.6 Å². The monoisotopic (exact) mass is 481 g/mol. The number of sulfone groups is 1. The van der Waals surface area contributed by atoms with Crippen LogP contribution in [0.3, 0.4) is 0 Å². The van der Waals surface area contributed by atoms with E-state index < -0.39 is 9.84 Å². The fraction of sp³-hybridized carbons (Fsp3) is 0.182. The first kappa shape index (κ1) is 21.3. The van der Waals surface area contributed by atoms with Crippen molar-refractivity contribution in [3.05, 3.63) is 53.5 Å². The van der Waals surface area contributed by atoms with Gasteiger partial charge in [0, 0.05) is 46.7 Å². The summed E-state index contributed by atoms with van der Waals surface area (Å²) in [5, 5.41) is 7.41. The highest BCUT2D eigenvalue weighted by Gasteiger charge is 2.24. The van der Waals surface area contributed by atoms with Crippen molar-refractivity contribution in [3.8, 4) is 0 Å². The van der Waals surface area contributed by atoms with Crippen LogP contribution in [0.1, 0.15) is 9.67 Å². The number of anilines is 2. The van der Waals surface area contributed by atoms with Gasteiger partial charge in [0.1, 0.15) is 0 Å². The molecule has 3 heterocycles. The minimum Gasteiger partial charge on any atom is -0.353 e. The number of aromatic nitrogens is 2. The summed E-state index contributed by atoms with van der Waals surface area (Å²) in [6.45, 7) is 0.972. The Hall–Kier alpha value is -3.57. The summed E-state index contributed by atoms with van der Waals surface area (Å²) < 4.78 is 24.6. The van der Waals surface area contributed by atoms with Gasteiger partial charge in [-0.1, -0.05) is 6.07 Å². The maximum absolute atomic E-state index is 12.9. The minimum atomic E-state index is -3.34. The standard InChI is InChI=1S/C22H19N5O4S2/c1-33(30,31)15-4-2-3-14(9-15)25-22-24-11-13-5-6-17-16(20(13)26-22)10-18(32-17)21(29)27-8-7-23-19(28)12-27/h2-6,9-11H,7-8,12H2,1H3,(H,23,28)(H,24,25,26). The molecule has 2 N–H and O–H groups in total. The topological polar surface area (TPSA) is 121 Å². The number of thiophene rings is 1. The number of carbonyl (C=O) groups is 2. The van der Waals surface area contributed by atoms with E-state index in [1.54, 1.807) is 29.3 Å². The van der Waals surface area contributed by atoms with E-state index in [9.17, 15) is 18.0 Å². The Morgan fingerprint density at radius 3 is 2.85 bits per heavy atom. The molecule has 2 aromatic carbocycles. The molecule has 2 aromatic heterocycles. The lowest BCUT2D eigenvalue weighted by Gasteiger charge is -2.26. The molecule has 1 fully saturated rings. The molecule has 0 aliphatic carbocycles. The SMILES string of the molecule is CS(=O)(=O)c1cccc(Nc2ncc3ccc4sc(C(=O)N5CCNC(=O)C5)cc4c3n2)c1. The summed E-state index contributed by atoms with van der Waals surface area (Å²) in [6.07, 6.45) is 2.83. The third-order valence-corrected chi connectivity index (χ3v) is 7.50. The molecule has 168 valence electrons. The Morgan fingerprint density at radius 1 is 1.21 bits per heavy atom. The number of amides is 2. The molecule has 1 saturated heterocycles. The molecule has 0 saturated carbocycles. The minimum absolute atomic E-state index is 0.0522. The number of hydrogen-bond donors (Lipinski definition) is 2. The molecule has 4 aromatic rings. The third kappa shape index (κ3) is 4.24. The van der Waals surface area contributed by atoms with E-state index in [1.165, 1.54) is 23.5 Å². The molecule has 0 atom stereocenters. The van der Waals surface area contributed by atoms with Crippen LogP contribution in [0.2, 0.25) is 0 Å². The summed E-state index contributed by atoms with van der Waals surface area (Å²) in [6, 6.07) is 12.1. The van der Waals surface area contributed by atoms with Crippen LogP contribution in [0.15, 0.2) is 53.6 Å². The number of fused-ring (bicyclic) bond motifs is 3. The predicted molar refractivity (Wildman–Crippen MR) is 127 cm³/mol. The molecule has 9 nitrogen and oxygen atoms in total. The average molecular weight is 482 g/mol. The second kappa shape index (κ2) is 8.09. The lowest BCUT2D eigenvalue weighted by molar-refractivity contribution is -0.123. The van der Waals surface area contributed by atoms with Crippen molar-refractivity contribution in [2.75, 3.05) is 31.2 Å². The normalized spacial score (nSPS) is 14.5. The summed E-state index contributed by atoms with van der Waals surface area (Å²) in [5.74, 6) is -0.0267. The van der Waals surface area contributed by atoms with Gasteiger partial charge in [0.25, 0.3) is 5.91 Å². The van der Waals surface area contributed by atoms with Crippen LogP contribution in [-0.2, 0) is 14.6 Å². The van der Waals surface area contributed by atoms with Crippen molar-refractivity contribution in [2.45, 2.75) is 4.90 Å². The smallest absolute Gasteiger partial charge is 0.264 e. The second-order valence-electron chi connectivity index (χ2n) is 7.72. The van der Waals surface area contributed by atoms with Crippen LogP contribution < -0.4 is 10.6 Å². The van der Waals surface area contributed by atoms with Gasteiger partial charge in [0.2, 0.25) is 11.9 Å². The van der Waals surface area contributed by atoms with Gasteiger partial charge in [-0.05, 0) is 36.4 Å². The Labute approximate surface area is 193 Å². The van der Waals surface area contributed by atoms with Crippen LogP contribution in [-0.4, -0.2) is 61.0 Å². The zero-order valence-electron chi connectivity index (χ0n) is 17.5. The van der Waals surface area contributed by atoms with E-state index in [4.69, 9.17) is 0 Å². The van der Waals surface area contributed by atoms with Gasteiger partial charge in [0.15, 0.2) is 9.84 Å². The van der Waals surface area contributed by atoms with Gasteiger partial charge in [-0.15, -0.1) is 11.3 Å². The maximum Gasteiger partial charge on any atom is 0.264 e. The maximum atomic E-state index is 12.9. The molecule has 0 unspecified atom stereocenters. The number of carbonyl (C=O) groups excluding carboxylic acids is 2. The molecule has 0 radical (unpaired) electrons. The van der Waals surface area contributed by atoms with E-state index in [-0.39, 0.29) is 23.3 Å². The van der Waals surface area contributed by atoms with Gasteiger partial charge in [0.05, 0.1) is 21.8 Å². The van der Waals surface area contributed by atoms with Crippen molar-refractivity contribution in [2.24, 2.45) is 0 Å². The molecular formula is C22H19N5O4S2. The third-order valence-electron chi connectivity index (χ3n) is 5.30. The first-order chi connectivity index (χ1) is 15.8. The highest BCUT2D eigenvalue weighted by atomic mass is 32.2. The van der Waals surface area contributed by atoms with Crippen LogP contribution in [0.25, 0.3) is 21.0 Å². The molecule has 0 bridgehead atoms. The number of nitrogens with zero attached hydrogens (tertiary/aromatic N) is 3. The lowest BCUT2D eigenvalue weighted by atomic mass is 10.1. The number of nitrogens with one attached hydrogen (secondary N) is 2. The molecule has 11 heteroatoms. The van der Waals surface area contributed by atoms with Crippen LogP contribution in [0.5, 0.6) is 0 Å². The predicted octanol–water partition coefficient (Wildman–Crippen LogP) is 2.56. The zero-order chi connectivity index (χ0) is 23.2. The van der Waals surface area contributed by atoms with Crippen molar-refractivity contribution in [3.63, 3.8) is 0 Å². The fourth-order valence-corrected chi connectivity index (χ4v) is 5.37. The second-order valence-corrected chi connectivity index (χ2v) is 10.8. The Bertz CT molecular complexity index is 1530. The zero-order valence-corrected chi connectivity index (χ0v) is 19.2. The highest BCUT2D eigenvalue weighted by Crippen LogP contribution is 2.32. The van der Waals surface area contributed by atoms with E-state index >= 15 is 0 Å². The number of piperazine rings is 1. The summed E-state index contributed by atoms with van der Waals surface area (Å²) in [4.78, 5) is 35.8. The van der Waals surface area contributed by atoms with E-state index in [0.29, 0.717) is 35.1 Å². The number of rotatable bonds is 4. The van der Waals surface area contributed by atoms with Crippen molar-refractivity contribution in [1.29, 1.82) is 0 Å². The molecule has 5 rings (SSSR count). The average Bonchev–Trinajstić information content (AvgIpc) is 3.23. The van der Waals surface area contributed by atoms with Crippen LogP contribution >= 0.6 is 11.3 Å². The molecular weight excluding hydrogens is 462 g/mol. The van der Waals surface area contributed by atoms with E-state index in [0.717, 1.165) is 21.7 Å². The van der Waals surface area contributed by atoms with Gasteiger partial charge in [-0.2, -0.15) is 0 Å². The van der Waals surface area contributed by atoms with Crippen molar-refractivity contribution >= 4 is 65.6 Å². The van der Waals surface area contributed by atoms with E-state index in [2.05, 4.69) is 20.6 Å². The first-order valence-electron chi connectivity index (χ1n) is 10.1. The Kier molecular flexibility index (Phi) is 5.22. The van der Waals surface area contributed by atoms with Gasteiger partial charge >= 0.3 is 0 Å². The largest absolute Gasteiger partial charge is 0.353 e. The number of hydrogen-bond acceptors (Lipinski definition) is 8. The lowest BCUT2D eigenvalue weighted by Crippen LogP contribution is -2.49. The molecule has 0 spiro atoms. The van der Waals surface area contributed by atoms with Gasteiger partial charge in [-0.3, -0.25) is 9.59 Å². The molecule has 2 amide bonds. The fourth-order valence-electron chi connectivity index (χ4n) is 3.68. The first-order valence-corrected chi connectivity index (χ1v) is 12.8. The van der Waals surface area contributed by atoms with Crippen LogP contribution in [0, 0.1) is 0 Å². The van der Waals surface area contributed by atoms with Gasteiger partial charge in [-0.25, -0.2) is 18.4 Å². The summed E-state index contributed by atoms with van der Waals surface area (Å²) in [7, 11) is -3.34. The Morgan fingerprint density at radius 2 is 2.06 bits per heavy atom. The molecule has 33 heavy (non-hydrogen) atoms. The number of benzene rings is 2.